The van der Waals surface area contributed by atoms with E-state index in [0.29, 0.717) is 38.7 Å². The minimum absolute atomic E-state index is 0.0622. The number of morpholine rings is 1. The maximum atomic E-state index is 13.0. The van der Waals surface area contributed by atoms with Gasteiger partial charge in [-0.15, -0.1) is 0 Å². The summed E-state index contributed by atoms with van der Waals surface area (Å²) in [5, 5.41) is 4.99. The number of alkyl carbamates (subject to hydrolysis) is 1. The summed E-state index contributed by atoms with van der Waals surface area (Å²) in [6.45, 7) is 3.02. The predicted molar refractivity (Wildman–Crippen MR) is 134 cm³/mol. The molecular formula is C26H34N4O6. The largest absolute Gasteiger partial charge is 0.492 e. The summed E-state index contributed by atoms with van der Waals surface area (Å²) < 4.78 is 16.2. The third-order valence-corrected chi connectivity index (χ3v) is 5.52. The second kappa shape index (κ2) is 14.1. The zero-order chi connectivity index (χ0) is 25.8. The van der Waals surface area contributed by atoms with Gasteiger partial charge in [-0.3, -0.25) is 10.1 Å². The summed E-state index contributed by atoms with van der Waals surface area (Å²) >= 11 is 0. The van der Waals surface area contributed by atoms with E-state index in [1.807, 2.05) is 73.6 Å². The van der Waals surface area contributed by atoms with Crippen LogP contribution in [0.25, 0.3) is 0 Å². The number of rotatable bonds is 10. The lowest BCUT2D eigenvalue weighted by Gasteiger charge is -2.27. The molecule has 3 rings (SSSR count). The maximum absolute atomic E-state index is 13.0. The van der Waals surface area contributed by atoms with E-state index in [4.69, 9.17) is 14.2 Å². The highest BCUT2D eigenvalue weighted by molar-refractivity contribution is 5.98. The molecule has 2 N–H and O–H groups in total. The van der Waals surface area contributed by atoms with E-state index in [-0.39, 0.29) is 13.0 Å². The molecular weight excluding hydrogens is 464 g/mol. The van der Waals surface area contributed by atoms with Crippen LogP contribution in [-0.2, 0) is 27.3 Å². The van der Waals surface area contributed by atoms with Gasteiger partial charge in [-0.25, -0.2) is 9.59 Å². The van der Waals surface area contributed by atoms with Crippen molar-refractivity contribution in [1.29, 1.82) is 0 Å². The first-order chi connectivity index (χ1) is 17.4. The van der Waals surface area contributed by atoms with Crippen LogP contribution in [0.3, 0.4) is 0 Å². The topological polar surface area (TPSA) is 109 Å². The van der Waals surface area contributed by atoms with Gasteiger partial charge in [-0.05, 0) is 37.4 Å². The van der Waals surface area contributed by atoms with E-state index in [0.717, 1.165) is 17.7 Å². The summed E-state index contributed by atoms with van der Waals surface area (Å²) in [7, 11) is 3.94. The van der Waals surface area contributed by atoms with E-state index in [1.54, 1.807) is 0 Å². The number of hydrogen-bond donors (Lipinski definition) is 2. The molecule has 10 nitrogen and oxygen atoms in total. The van der Waals surface area contributed by atoms with Gasteiger partial charge in [0.05, 0.1) is 13.2 Å². The fourth-order valence-electron chi connectivity index (χ4n) is 3.46. The molecule has 0 aliphatic carbocycles. The molecule has 1 heterocycles. The fraction of sp³-hybridized carbons (Fsp3) is 0.423. The van der Waals surface area contributed by atoms with Crippen molar-refractivity contribution in [2.75, 3.05) is 53.6 Å². The van der Waals surface area contributed by atoms with Crippen LogP contribution in [0.1, 0.15) is 11.1 Å². The number of nitrogens with zero attached hydrogens (tertiary/aromatic N) is 2. The van der Waals surface area contributed by atoms with Gasteiger partial charge < -0.3 is 29.3 Å². The molecule has 0 unspecified atom stereocenters. The van der Waals surface area contributed by atoms with Gasteiger partial charge in [-0.2, -0.15) is 0 Å². The lowest BCUT2D eigenvalue weighted by molar-refractivity contribution is -0.122. The number of ether oxygens (including phenoxy) is 3. The average Bonchev–Trinajstić information content (AvgIpc) is 2.89. The Morgan fingerprint density at radius 3 is 2.36 bits per heavy atom. The molecule has 1 aliphatic rings. The molecule has 2 aromatic carbocycles. The molecule has 0 saturated carbocycles. The third-order valence-electron chi connectivity index (χ3n) is 5.52. The van der Waals surface area contributed by atoms with Crippen molar-refractivity contribution >= 4 is 18.0 Å². The van der Waals surface area contributed by atoms with Gasteiger partial charge in [0.15, 0.2) is 0 Å². The highest BCUT2D eigenvalue weighted by atomic mass is 16.5. The van der Waals surface area contributed by atoms with E-state index < -0.39 is 24.1 Å². The van der Waals surface area contributed by atoms with Gasteiger partial charge in [0.1, 0.15) is 25.0 Å². The summed E-state index contributed by atoms with van der Waals surface area (Å²) in [4.78, 5) is 41.5. The normalized spacial score (nSPS) is 14.1. The molecule has 1 fully saturated rings. The number of amides is 4. The Balaban J connectivity index is 1.61. The van der Waals surface area contributed by atoms with Crippen molar-refractivity contribution in [2.24, 2.45) is 0 Å². The van der Waals surface area contributed by atoms with E-state index >= 15 is 0 Å². The predicted octanol–water partition coefficient (Wildman–Crippen LogP) is 2.03. The number of likely N-dealkylation sites (N-methyl/N-ethyl adjacent to an activating group) is 1. The number of benzene rings is 2. The quantitative estimate of drug-likeness (QED) is 0.516. The van der Waals surface area contributed by atoms with Gasteiger partial charge in [0.2, 0.25) is 0 Å². The van der Waals surface area contributed by atoms with Gasteiger partial charge in [-0.1, -0.05) is 42.5 Å². The number of carbonyl (C=O) groups excluding carboxylic acids is 3. The zero-order valence-electron chi connectivity index (χ0n) is 20.8. The minimum Gasteiger partial charge on any atom is -0.492 e. The van der Waals surface area contributed by atoms with Crippen molar-refractivity contribution in [3.8, 4) is 5.75 Å². The van der Waals surface area contributed by atoms with E-state index in [9.17, 15) is 14.4 Å². The molecule has 4 amide bonds. The van der Waals surface area contributed by atoms with E-state index in [2.05, 4.69) is 10.6 Å². The minimum atomic E-state index is -1.02. The lowest BCUT2D eigenvalue weighted by atomic mass is 10.1. The Kier molecular flexibility index (Phi) is 10.5. The summed E-state index contributed by atoms with van der Waals surface area (Å²) in [5.74, 6) is 0.0915. The Bertz CT molecular complexity index is 978. The van der Waals surface area contributed by atoms with Gasteiger partial charge >= 0.3 is 12.1 Å². The van der Waals surface area contributed by atoms with Crippen molar-refractivity contribution in [2.45, 2.75) is 19.1 Å². The number of imide groups is 1. The molecule has 0 aromatic heterocycles. The standard InChI is InChI=1S/C26H34N4O6/c1-29(2)12-17-35-22-10-8-20(9-11-22)18-23(24(31)28-25(32)30-13-15-34-16-14-30)27-26(33)36-19-21-6-4-3-5-7-21/h3-11,23H,12-19H2,1-2H3,(H,27,33)(H,28,31,32)/t23-/m0/s1. The average molecular weight is 499 g/mol. The molecule has 1 atom stereocenters. The van der Waals surface area contributed by atoms with Crippen LogP contribution in [0.4, 0.5) is 9.59 Å². The second-order valence-corrected chi connectivity index (χ2v) is 8.65. The fourth-order valence-corrected chi connectivity index (χ4v) is 3.46. The zero-order valence-corrected chi connectivity index (χ0v) is 20.8. The Hall–Kier alpha value is -3.63. The summed E-state index contributed by atoms with van der Waals surface area (Å²) in [5.41, 5.74) is 1.61. The second-order valence-electron chi connectivity index (χ2n) is 8.65. The van der Waals surface area contributed by atoms with E-state index in [1.165, 1.54) is 4.90 Å². The van der Waals surface area contributed by atoms with Crippen molar-refractivity contribution < 1.29 is 28.6 Å². The molecule has 36 heavy (non-hydrogen) atoms. The molecule has 2 aromatic rings. The first-order valence-corrected chi connectivity index (χ1v) is 11.9. The molecule has 1 aliphatic heterocycles. The SMILES string of the molecule is CN(C)CCOc1ccc(C[C@H](NC(=O)OCc2ccccc2)C(=O)NC(=O)N2CCOCC2)cc1. The Morgan fingerprint density at radius 1 is 1.00 bits per heavy atom. The molecule has 10 heteroatoms. The molecule has 0 spiro atoms. The van der Waals surface area contributed by atoms with Crippen LogP contribution >= 0.6 is 0 Å². The molecule has 194 valence electrons. The Morgan fingerprint density at radius 2 is 1.69 bits per heavy atom. The van der Waals surface area contributed by atoms with Gasteiger partial charge in [0.25, 0.3) is 5.91 Å². The highest BCUT2D eigenvalue weighted by Gasteiger charge is 2.26. The maximum Gasteiger partial charge on any atom is 0.408 e. The first-order valence-electron chi connectivity index (χ1n) is 11.9. The van der Waals surface area contributed by atoms with Gasteiger partial charge in [0, 0.05) is 26.1 Å². The van der Waals surface area contributed by atoms with Crippen LogP contribution in [0.15, 0.2) is 54.6 Å². The number of nitrogens with one attached hydrogen (secondary N) is 2. The lowest BCUT2D eigenvalue weighted by Crippen LogP contribution is -2.54. The van der Waals surface area contributed by atoms with Crippen molar-refractivity contribution in [3.05, 3.63) is 65.7 Å². The number of carbonyl (C=O) groups is 3. The Labute approximate surface area is 211 Å². The number of hydrogen-bond acceptors (Lipinski definition) is 7. The highest BCUT2D eigenvalue weighted by Crippen LogP contribution is 2.14. The van der Waals surface area contributed by atoms with Crippen molar-refractivity contribution in [1.82, 2.24) is 20.4 Å². The van der Waals surface area contributed by atoms with Crippen LogP contribution in [0, 0.1) is 0 Å². The van der Waals surface area contributed by atoms with Crippen LogP contribution in [-0.4, -0.2) is 87.4 Å². The first kappa shape index (κ1) is 27.0. The molecule has 1 saturated heterocycles. The smallest absolute Gasteiger partial charge is 0.408 e. The third kappa shape index (κ3) is 9.20. The summed E-state index contributed by atoms with van der Waals surface area (Å²) in [6.07, 6.45) is -0.581. The molecule has 0 radical (unpaired) electrons. The van der Waals surface area contributed by atoms with Crippen LogP contribution in [0.5, 0.6) is 5.75 Å². The van der Waals surface area contributed by atoms with Crippen LogP contribution in [0.2, 0.25) is 0 Å². The summed E-state index contributed by atoms with van der Waals surface area (Å²) in [6, 6.07) is 15.0. The monoisotopic (exact) mass is 498 g/mol. The van der Waals surface area contributed by atoms with Crippen molar-refractivity contribution in [3.63, 3.8) is 0 Å². The van der Waals surface area contributed by atoms with Crippen LogP contribution < -0.4 is 15.4 Å². The molecule has 0 bridgehead atoms. The number of urea groups is 1.